The van der Waals surface area contributed by atoms with Crippen molar-refractivity contribution in [2.45, 2.75) is 174 Å². The number of phosphoric acid groups is 1. The zero-order valence-electron chi connectivity index (χ0n) is 31.4. The van der Waals surface area contributed by atoms with E-state index in [1.807, 2.05) is 6.08 Å². The van der Waals surface area contributed by atoms with E-state index in [2.05, 4.69) is 60.9 Å². The van der Waals surface area contributed by atoms with Crippen molar-refractivity contribution < 1.29 is 37.9 Å². The van der Waals surface area contributed by atoms with Crippen molar-refractivity contribution in [3.63, 3.8) is 0 Å². The number of hydrogen-bond donors (Lipinski definition) is 2. The average Bonchev–Trinajstić information content (AvgIpc) is 3.05. The van der Waals surface area contributed by atoms with Gasteiger partial charge in [0, 0.05) is 42.4 Å². The van der Waals surface area contributed by atoms with Crippen LogP contribution in [0.3, 0.4) is 0 Å². The molecule has 0 saturated heterocycles. The predicted molar refractivity (Wildman–Crippen MR) is 203 cm³/mol. The molecule has 0 aromatic rings. The number of rotatable bonds is 34. The molecule has 0 aliphatic rings. The van der Waals surface area contributed by atoms with Gasteiger partial charge in [-0.05, 0) is 51.4 Å². The summed E-state index contributed by atoms with van der Waals surface area (Å²) in [5.74, 6) is -0.950. The van der Waals surface area contributed by atoms with Gasteiger partial charge in [-0.2, -0.15) is 0 Å². The molecular formula is C39H69NaO8P. The number of carbonyl (C=O) groups excluding carboxylic acids is 2. The second-order valence-electron chi connectivity index (χ2n) is 12.6. The van der Waals surface area contributed by atoms with Crippen molar-refractivity contribution in [3.05, 3.63) is 48.6 Å². The van der Waals surface area contributed by atoms with E-state index in [-0.39, 0.29) is 49.0 Å². The molecular weight excluding hydrogens is 650 g/mol. The number of esters is 2. The fourth-order valence-corrected chi connectivity index (χ4v) is 5.37. The monoisotopic (exact) mass is 719 g/mol. The second-order valence-corrected chi connectivity index (χ2v) is 13.8. The second kappa shape index (κ2) is 38.2. The molecule has 0 rings (SSSR count). The average molecular weight is 720 g/mol. The number of carbonyl (C=O) groups is 2. The number of ether oxygens (including phenoxy) is 2. The van der Waals surface area contributed by atoms with Gasteiger partial charge in [-0.3, -0.25) is 14.1 Å². The van der Waals surface area contributed by atoms with Crippen LogP contribution in [0.2, 0.25) is 0 Å². The Bertz CT molecular complexity index is 928. The number of hydrogen-bond acceptors (Lipinski definition) is 6. The van der Waals surface area contributed by atoms with E-state index in [1.165, 1.54) is 89.9 Å². The van der Waals surface area contributed by atoms with E-state index in [1.54, 1.807) is 0 Å². The first-order valence-electron chi connectivity index (χ1n) is 18.9. The van der Waals surface area contributed by atoms with Gasteiger partial charge in [-0.15, -0.1) is 0 Å². The molecule has 0 spiro atoms. The van der Waals surface area contributed by atoms with Crippen LogP contribution in [0.15, 0.2) is 48.6 Å². The molecule has 1 radical (unpaired) electrons. The molecule has 279 valence electrons. The standard InChI is InChI=1S/C39H69O8P.Na/c1-3-5-7-9-11-13-15-17-18-19-20-22-24-26-28-30-32-34-39(41)47-37(36-46-48(42,43)44)35-45-38(40)33-31-29-27-25-23-21-16-14-12-10-8-6-4-2;/h11,13,17-18,20,22,26,28,37H,3-10,12,14-16,19,21,23-25,27,29-36H2,1-2H3,(H2,42,43,44);/b13-11-,18-17-,22-20-,28-26-;/t37-;/m1./s1. The van der Waals surface area contributed by atoms with Crippen LogP contribution in [0.1, 0.15) is 168 Å². The Morgan fingerprint density at radius 1 is 0.551 bits per heavy atom. The molecule has 0 aromatic heterocycles. The van der Waals surface area contributed by atoms with Gasteiger partial charge in [0.2, 0.25) is 0 Å². The third-order valence-electron chi connectivity index (χ3n) is 7.85. The molecule has 0 aliphatic heterocycles. The molecule has 8 nitrogen and oxygen atoms in total. The maximum absolute atomic E-state index is 12.3. The number of unbranched alkanes of at least 4 members (excludes halogenated alkanes) is 16. The quantitative estimate of drug-likeness (QED) is 0.0222. The maximum Gasteiger partial charge on any atom is 0.469 e. The summed E-state index contributed by atoms with van der Waals surface area (Å²) in [6, 6.07) is 0. The Morgan fingerprint density at radius 3 is 1.45 bits per heavy atom. The van der Waals surface area contributed by atoms with Crippen LogP contribution in [0.5, 0.6) is 0 Å². The van der Waals surface area contributed by atoms with Crippen molar-refractivity contribution >= 4 is 49.3 Å². The van der Waals surface area contributed by atoms with Crippen LogP contribution in [0.4, 0.5) is 0 Å². The zero-order chi connectivity index (χ0) is 35.4. The van der Waals surface area contributed by atoms with E-state index in [9.17, 15) is 14.2 Å². The minimum atomic E-state index is -4.76. The summed E-state index contributed by atoms with van der Waals surface area (Å²) in [6.07, 6.45) is 41.2. The molecule has 1 atom stereocenters. The van der Waals surface area contributed by atoms with Crippen LogP contribution >= 0.6 is 7.82 Å². The molecule has 49 heavy (non-hydrogen) atoms. The maximum atomic E-state index is 12.3. The summed E-state index contributed by atoms with van der Waals surface area (Å²) in [7, 11) is -4.76. The third-order valence-corrected chi connectivity index (χ3v) is 8.34. The molecule has 0 bridgehead atoms. The molecule has 0 amide bonds. The third kappa shape index (κ3) is 41.3. The van der Waals surface area contributed by atoms with Crippen LogP contribution in [-0.2, 0) is 28.2 Å². The van der Waals surface area contributed by atoms with Gasteiger partial charge in [-0.25, -0.2) is 4.57 Å². The van der Waals surface area contributed by atoms with Crippen molar-refractivity contribution in [2.24, 2.45) is 0 Å². The Hall–Kier alpha value is -0.990. The summed E-state index contributed by atoms with van der Waals surface area (Å²) < 4.78 is 26.2. The fraction of sp³-hybridized carbons (Fsp3) is 0.744. The molecule has 0 unspecified atom stereocenters. The van der Waals surface area contributed by atoms with E-state index >= 15 is 0 Å². The Morgan fingerprint density at radius 2 is 0.959 bits per heavy atom. The molecule has 0 aromatic carbocycles. The Labute approximate surface area is 321 Å². The van der Waals surface area contributed by atoms with E-state index < -0.39 is 32.5 Å². The van der Waals surface area contributed by atoms with Crippen molar-refractivity contribution in [1.82, 2.24) is 0 Å². The molecule has 0 saturated carbocycles. The van der Waals surface area contributed by atoms with Gasteiger partial charge in [0.1, 0.15) is 6.61 Å². The van der Waals surface area contributed by atoms with Gasteiger partial charge in [-0.1, -0.05) is 152 Å². The molecule has 0 heterocycles. The van der Waals surface area contributed by atoms with Crippen LogP contribution in [-0.4, -0.2) is 70.6 Å². The van der Waals surface area contributed by atoms with Crippen molar-refractivity contribution in [2.75, 3.05) is 13.2 Å². The van der Waals surface area contributed by atoms with Gasteiger partial charge >= 0.3 is 19.8 Å². The summed E-state index contributed by atoms with van der Waals surface area (Å²) >= 11 is 0. The van der Waals surface area contributed by atoms with Gasteiger partial charge in [0.15, 0.2) is 6.10 Å². The van der Waals surface area contributed by atoms with Crippen molar-refractivity contribution in [1.29, 1.82) is 0 Å². The zero-order valence-corrected chi connectivity index (χ0v) is 34.3. The first kappa shape index (κ1) is 50.1. The van der Waals surface area contributed by atoms with Crippen LogP contribution < -0.4 is 0 Å². The van der Waals surface area contributed by atoms with Gasteiger partial charge < -0.3 is 19.3 Å². The fourth-order valence-electron chi connectivity index (χ4n) is 5.01. The normalized spacial score (nSPS) is 12.7. The minimum Gasteiger partial charge on any atom is -0.462 e. The first-order valence-corrected chi connectivity index (χ1v) is 20.5. The van der Waals surface area contributed by atoms with E-state index in [4.69, 9.17) is 19.3 Å². The number of allylic oxidation sites excluding steroid dienone is 8. The minimum absolute atomic E-state index is 0. The smallest absolute Gasteiger partial charge is 0.462 e. The Balaban J connectivity index is 0. The summed E-state index contributed by atoms with van der Waals surface area (Å²) in [4.78, 5) is 42.6. The SMILES string of the molecule is CCCCC/C=C\C/C=C\C/C=C\C/C=C\CCCC(=O)O[C@H](COC(=O)CCCCCCCCCCCCCCC)COP(=O)(O)O.[Na]. The predicted octanol–water partition coefficient (Wildman–Crippen LogP) is 10.8. The molecule has 0 fully saturated rings. The van der Waals surface area contributed by atoms with Crippen molar-refractivity contribution in [3.8, 4) is 0 Å². The van der Waals surface area contributed by atoms with E-state index in [0.29, 0.717) is 12.8 Å². The topological polar surface area (TPSA) is 119 Å². The van der Waals surface area contributed by atoms with Crippen LogP contribution in [0, 0.1) is 0 Å². The van der Waals surface area contributed by atoms with Crippen LogP contribution in [0.25, 0.3) is 0 Å². The molecule has 2 N–H and O–H groups in total. The van der Waals surface area contributed by atoms with Gasteiger partial charge in [0.25, 0.3) is 0 Å². The van der Waals surface area contributed by atoms with Gasteiger partial charge in [0.05, 0.1) is 6.61 Å². The molecule has 0 aliphatic carbocycles. The van der Waals surface area contributed by atoms with E-state index in [0.717, 1.165) is 38.5 Å². The molecule has 10 heteroatoms. The summed E-state index contributed by atoms with van der Waals surface area (Å²) in [5, 5.41) is 0. The summed E-state index contributed by atoms with van der Waals surface area (Å²) in [6.45, 7) is 3.60. The first-order chi connectivity index (χ1) is 23.3. The summed E-state index contributed by atoms with van der Waals surface area (Å²) in [5.41, 5.74) is 0. The largest absolute Gasteiger partial charge is 0.469 e. The number of phosphoric ester groups is 1. The Kier molecular flexibility index (Phi) is 39.1.